The Morgan fingerprint density at radius 2 is 1.97 bits per heavy atom. The molecule has 0 N–H and O–H groups in total. The molecule has 11 nitrogen and oxygen atoms in total. The van der Waals surface area contributed by atoms with Gasteiger partial charge in [0.15, 0.2) is 9.84 Å². The van der Waals surface area contributed by atoms with Crippen molar-refractivity contribution in [3.05, 3.63) is 54.3 Å². The number of anilines is 1. The number of ether oxygens (including phenoxy) is 1. The van der Waals surface area contributed by atoms with Gasteiger partial charge in [0, 0.05) is 61.1 Å². The number of fused-ring (bicyclic) bond motifs is 1. The molecule has 0 aliphatic carbocycles. The molecule has 194 valence electrons. The van der Waals surface area contributed by atoms with Gasteiger partial charge in [-0.2, -0.15) is 4.98 Å². The third-order valence-electron chi connectivity index (χ3n) is 6.18. The highest BCUT2D eigenvalue weighted by Crippen LogP contribution is 2.38. The highest BCUT2D eigenvalue weighted by Gasteiger charge is 2.26. The fourth-order valence-corrected chi connectivity index (χ4v) is 5.82. The van der Waals surface area contributed by atoms with Gasteiger partial charge in [-0.3, -0.25) is 4.98 Å². The number of hydrogen-bond acceptors (Lipinski definition) is 12. The number of aromatic nitrogens is 6. The van der Waals surface area contributed by atoms with Gasteiger partial charge in [0.2, 0.25) is 11.7 Å². The van der Waals surface area contributed by atoms with E-state index in [0.717, 1.165) is 12.3 Å². The lowest BCUT2D eigenvalue weighted by atomic mass is 10.1. The highest BCUT2D eigenvalue weighted by molar-refractivity contribution is 7.90. The molecule has 0 radical (unpaired) electrons. The maximum absolute atomic E-state index is 14.9. The summed E-state index contributed by atoms with van der Waals surface area (Å²) in [5, 5.41) is 5.77. The van der Waals surface area contributed by atoms with Gasteiger partial charge < -0.3 is 14.2 Å². The van der Waals surface area contributed by atoms with Crippen LogP contribution in [0.5, 0.6) is 5.88 Å². The standard InChI is InChI=1S/C24H20FN7O4S2/c1-38(33,34)15-2-3-16(18(25)10-15)17-12-37-21-20(17)28-13-29-23(21)35-14-4-8-32(9-5-14)24-30-22(31-36-24)19-11-26-6-7-27-19/h2-3,6-7,10-14H,4-5,8-9H2,1H3. The Balaban J connectivity index is 1.16. The molecule has 0 unspecified atom stereocenters. The van der Waals surface area contributed by atoms with Gasteiger partial charge in [-0.1, -0.05) is 11.2 Å². The van der Waals surface area contributed by atoms with Gasteiger partial charge in [-0.25, -0.2) is 27.8 Å². The molecule has 5 aromatic rings. The quantitative estimate of drug-likeness (QED) is 0.304. The number of sulfone groups is 1. The lowest BCUT2D eigenvalue weighted by molar-refractivity contribution is 0.164. The first-order chi connectivity index (χ1) is 18.4. The van der Waals surface area contributed by atoms with E-state index in [1.54, 1.807) is 24.0 Å². The SMILES string of the molecule is CS(=O)(=O)c1ccc(-c2csc3c(OC4CCN(c5nc(-c6cnccn6)no5)CC4)ncnc23)c(F)c1. The summed E-state index contributed by atoms with van der Waals surface area (Å²) >= 11 is 1.35. The van der Waals surface area contributed by atoms with E-state index in [9.17, 15) is 12.8 Å². The number of halogens is 1. The van der Waals surface area contributed by atoms with Crippen molar-refractivity contribution in [2.24, 2.45) is 0 Å². The van der Waals surface area contributed by atoms with E-state index in [-0.39, 0.29) is 16.6 Å². The number of thiophene rings is 1. The average Bonchev–Trinajstić information content (AvgIpc) is 3.58. The van der Waals surface area contributed by atoms with Gasteiger partial charge in [0.25, 0.3) is 0 Å². The molecule has 4 aromatic heterocycles. The van der Waals surface area contributed by atoms with Crippen LogP contribution in [0.25, 0.3) is 32.9 Å². The van der Waals surface area contributed by atoms with Crippen molar-refractivity contribution >= 4 is 37.4 Å². The van der Waals surface area contributed by atoms with E-state index in [1.165, 1.54) is 29.8 Å². The molecule has 38 heavy (non-hydrogen) atoms. The van der Waals surface area contributed by atoms with Crippen molar-refractivity contribution in [3.8, 4) is 28.5 Å². The third-order valence-corrected chi connectivity index (χ3v) is 8.25. The van der Waals surface area contributed by atoms with Gasteiger partial charge in [-0.15, -0.1) is 11.3 Å². The number of piperidine rings is 1. The van der Waals surface area contributed by atoms with Crippen LogP contribution in [0.3, 0.4) is 0 Å². The topological polar surface area (TPSA) is 137 Å². The molecule has 1 aliphatic heterocycles. The molecule has 5 heterocycles. The molecular weight excluding hydrogens is 533 g/mol. The fraction of sp³-hybridized carbons (Fsp3) is 0.250. The van der Waals surface area contributed by atoms with Crippen molar-refractivity contribution in [1.82, 2.24) is 30.1 Å². The lowest BCUT2D eigenvalue weighted by Crippen LogP contribution is -2.38. The van der Waals surface area contributed by atoms with Crippen LogP contribution in [0.2, 0.25) is 0 Å². The summed E-state index contributed by atoms with van der Waals surface area (Å²) in [6.45, 7) is 1.29. The van der Waals surface area contributed by atoms with Gasteiger partial charge >= 0.3 is 6.01 Å². The molecule has 0 atom stereocenters. The largest absolute Gasteiger partial charge is 0.473 e. The normalized spacial score (nSPS) is 14.7. The molecule has 14 heteroatoms. The van der Waals surface area contributed by atoms with Crippen LogP contribution in [0.1, 0.15) is 12.8 Å². The Labute approximate surface area is 220 Å². The third kappa shape index (κ3) is 4.67. The zero-order valence-corrected chi connectivity index (χ0v) is 21.6. The first-order valence-electron chi connectivity index (χ1n) is 11.6. The summed E-state index contributed by atoms with van der Waals surface area (Å²) in [5.74, 6) is 0.177. The summed E-state index contributed by atoms with van der Waals surface area (Å²) in [7, 11) is -3.51. The van der Waals surface area contributed by atoms with Gasteiger partial charge in [0.1, 0.15) is 28.6 Å². The van der Waals surface area contributed by atoms with Gasteiger partial charge in [-0.05, 0) is 12.1 Å². The average molecular weight is 554 g/mol. The maximum Gasteiger partial charge on any atom is 0.324 e. The van der Waals surface area contributed by atoms with Crippen molar-refractivity contribution < 1.29 is 22.1 Å². The Hall–Kier alpha value is -4.04. The molecule has 1 aliphatic rings. The summed E-state index contributed by atoms with van der Waals surface area (Å²) < 4.78 is 50.8. The Bertz CT molecular complexity index is 1720. The van der Waals surface area contributed by atoms with Crippen molar-refractivity contribution in [3.63, 3.8) is 0 Å². The molecule has 1 aromatic carbocycles. The van der Waals surface area contributed by atoms with E-state index in [4.69, 9.17) is 9.26 Å². The van der Waals surface area contributed by atoms with Crippen LogP contribution in [0.15, 0.2) is 57.9 Å². The molecule has 1 fully saturated rings. The zero-order valence-electron chi connectivity index (χ0n) is 20.0. The van der Waals surface area contributed by atoms with Crippen LogP contribution in [0, 0.1) is 5.82 Å². The predicted octanol–water partition coefficient (Wildman–Crippen LogP) is 3.79. The van der Waals surface area contributed by atoms with Crippen molar-refractivity contribution in [2.45, 2.75) is 23.8 Å². The number of rotatable bonds is 6. The second kappa shape index (κ2) is 9.68. The van der Waals surface area contributed by atoms with Crippen molar-refractivity contribution in [1.29, 1.82) is 0 Å². The molecule has 0 bridgehead atoms. The molecule has 0 saturated carbocycles. The maximum atomic E-state index is 14.9. The summed E-state index contributed by atoms with van der Waals surface area (Å²) in [5.41, 5.74) is 1.91. The zero-order chi connectivity index (χ0) is 26.3. The summed E-state index contributed by atoms with van der Waals surface area (Å²) in [6.07, 6.45) is 8.46. The second-order valence-corrected chi connectivity index (χ2v) is 11.6. The minimum absolute atomic E-state index is 0.0752. The van der Waals surface area contributed by atoms with Crippen molar-refractivity contribution in [2.75, 3.05) is 24.2 Å². The summed E-state index contributed by atoms with van der Waals surface area (Å²) in [4.78, 5) is 23.2. The van der Waals surface area contributed by atoms with Crippen LogP contribution >= 0.6 is 11.3 Å². The van der Waals surface area contributed by atoms with E-state index in [0.29, 0.717) is 65.1 Å². The molecule has 0 spiro atoms. The Morgan fingerprint density at radius 1 is 1.13 bits per heavy atom. The molecule has 6 rings (SSSR count). The number of hydrogen-bond donors (Lipinski definition) is 0. The molecule has 0 amide bonds. The first kappa shape index (κ1) is 24.3. The summed E-state index contributed by atoms with van der Waals surface area (Å²) in [6, 6.07) is 4.29. The van der Waals surface area contributed by atoms with E-state index in [1.807, 2.05) is 4.90 Å². The smallest absolute Gasteiger partial charge is 0.324 e. The van der Waals surface area contributed by atoms with Crippen LogP contribution in [0.4, 0.5) is 10.4 Å². The minimum Gasteiger partial charge on any atom is -0.473 e. The van der Waals surface area contributed by atoms with E-state index >= 15 is 0 Å². The Morgan fingerprint density at radius 3 is 2.71 bits per heavy atom. The fourth-order valence-electron chi connectivity index (χ4n) is 4.23. The molecular formula is C24H20FN7O4S2. The predicted molar refractivity (Wildman–Crippen MR) is 137 cm³/mol. The first-order valence-corrected chi connectivity index (χ1v) is 14.4. The number of benzene rings is 1. The number of nitrogens with zero attached hydrogens (tertiary/aromatic N) is 7. The minimum atomic E-state index is -3.51. The lowest BCUT2D eigenvalue weighted by Gasteiger charge is -2.30. The van der Waals surface area contributed by atoms with E-state index < -0.39 is 15.7 Å². The van der Waals surface area contributed by atoms with Crippen LogP contribution in [-0.2, 0) is 9.84 Å². The van der Waals surface area contributed by atoms with E-state index in [2.05, 4.69) is 30.1 Å². The molecule has 1 saturated heterocycles. The highest BCUT2D eigenvalue weighted by atomic mass is 32.2. The van der Waals surface area contributed by atoms with Crippen LogP contribution in [-0.4, -0.2) is 63.9 Å². The van der Waals surface area contributed by atoms with Crippen LogP contribution < -0.4 is 9.64 Å². The monoisotopic (exact) mass is 553 g/mol. The second-order valence-electron chi connectivity index (χ2n) is 8.72. The van der Waals surface area contributed by atoms with Gasteiger partial charge in [0.05, 0.1) is 16.6 Å². The Kier molecular flexibility index (Phi) is 6.19.